The molecule has 9 rings (SSSR count). The van der Waals surface area contributed by atoms with E-state index in [2.05, 4.69) is 136 Å². The number of carbonyl (C=O) groups is 3. The Morgan fingerprint density at radius 1 is 0.949 bits per heavy atom. The molecule has 79 heavy (non-hydrogen) atoms. The van der Waals surface area contributed by atoms with Gasteiger partial charge in [-0.25, -0.2) is 9.37 Å². The van der Waals surface area contributed by atoms with Gasteiger partial charge in [0.1, 0.15) is 17.9 Å². The number of alkyl halides is 1. The van der Waals surface area contributed by atoms with Crippen LogP contribution in [0.4, 0.5) is 4.39 Å². The second-order valence-corrected chi connectivity index (χ2v) is 33.4. The SMILES string of the molecule is Cc1ncsc1-c1ccc([C@H](CCCCCN2CCC(c3ccc4c(c3)C(C)(C)c3nc(=O)c5c(Cl)cccc5n3-4)CC2)N(C(=O)[C@@H]2C[C@@H](O[Si](C)(C)C(C)(C)C)CN2C(=O)[C@@H](NC(=O)C2(F)CC2)C(C)(C)C)C(C)(C)C)cc1. The largest absolute Gasteiger partial charge is 0.412 e. The molecule has 2 saturated heterocycles. The van der Waals surface area contributed by atoms with Crippen molar-refractivity contribution in [3.05, 3.63) is 110 Å². The highest BCUT2D eigenvalue weighted by molar-refractivity contribution is 7.13. The zero-order valence-electron chi connectivity index (χ0n) is 49.3. The minimum Gasteiger partial charge on any atom is -0.412 e. The number of unbranched alkanes of at least 4 members (excludes halogenated alkanes) is 2. The van der Waals surface area contributed by atoms with Crippen LogP contribution in [0.3, 0.4) is 0 Å². The van der Waals surface area contributed by atoms with E-state index in [1.165, 1.54) is 11.1 Å². The fraction of sp³-hybridized carbons (Fsp3) is 0.587. The van der Waals surface area contributed by atoms with Crippen LogP contribution in [0.1, 0.15) is 174 Å². The first-order valence-corrected chi connectivity index (χ1v) is 33.0. The predicted octanol–water partition coefficient (Wildman–Crippen LogP) is 13.2. The van der Waals surface area contributed by atoms with Crippen molar-refractivity contribution in [2.24, 2.45) is 5.41 Å². The summed E-state index contributed by atoms with van der Waals surface area (Å²) < 4.78 is 24.4. The summed E-state index contributed by atoms with van der Waals surface area (Å²) in [7, 11) is -2.37. The zero-order chi connectivity index (χ0) is 57.4. The van der Waals surface area contributed by atoms with Gasteiger partial charge in [-0.05, 0) is 170 Å². The Labute approximate surface area is 478 Å². The lowest BCUT2D eigenvalue weighted by molar-refractivity contribution is -0.152. The molecule has 4 aliphatic rings. The lowest BCUT2D eigenvalue weighted by atomic mass is 9.81. The number of piperidine rings is 1. The maximum Gasteiger partial charge on any atom is 0.282 e. The minimum atomic E-state index is -2.37. The number of amides is 3. The Kier molecular flexibility index (Phi) is 16.3. The number of thiazole rings is 1. The standard InChI is InChI=1S/C63H85ClFN7O5SSi/c1-39-52(78-38-66-39)42-24-22-41(23-25-42)47(72(60(5,6)7)55(74)50-36-44(77-79(13,14)61(8,9)10)37-70(50)56(75)53(59(2,3)4)67-58(76)63(65)30-31-63)20-16-15-17-32-69-33-28-40(29-34-69)43-26-27-48-45(35-43)62(11,12)57-68-54(73)51-46(64)19-18-21-49(51)71(48)57/h18-19,21-27,35,38,40,44,47,50,53H,15-17,20,28-34,36-37H2,1-14H3,(H,67,76)/t44-,47+,50+,53-/m1/s1. The Balaban J connectivity index is 0.917. The molecule has 3 amide bonds. The molecule has 16 heteroatoms. The van der Waals surface area contributed by atoms with E-state index >= 15 is 14.0 Å². The molecular weight excluding hydrogens is 1050 g/mol. The highest BCUT2D eigenvalue weighted by Gasteiger charge is 2.55. The molecule has 0 unspecified atom stereocenters. The van der Waals surface area contributed by atoms with Crippen LogP contribution in [0.25, 0.3) is 27.0 Å². The molecule has 2 aromatic heterocycles. The normalized spacial score (nSPS) is 20.2. The van der Waals surface area contributed by atoms with Gasteiger partial charge in [-0.1, -0.05) is 108 Å². The van der Waals surface area contributed by atoms with Crippen molar-refractivity contribution >= 4 is 59.9 Å². The molecule has 12 nitrogen and oxygen atoms in total. The molecule has 0 radical (unpaired) electrons. The molecule has 0 spiro atoms. The van der Waals surface area contributed by atoms with Crippen LogP contribution in [-0.2, 0) is 24.2 Å². The molecule has 3 aromatic carbocycles. The van der Waals surface area contributed by atoms with E-state index in [1.54, 1.807) is 22.3 Å². The predicted molar refractivity (Wildman–Crippen MR) is 320 cm³/mol. The molecule has 426 valence electrons. The molecule has 5 heterocycles. The van der Waals surface area contributed by atoms with Crippen molar-refractivity contribution < 1.29 is 23.2 Å². The van der Waals surface area contributed by atoms with Crippen LogP contribution < -0.4 is 10.9 Å². The van der Waals surface area contributed by atoms with E-state index in [0.29, 0.717) is 22.7 Å². The fourth-order valence-electron chi connectivity index (χ4n) is 12.2. The average molecular weight is 1140 g/mol. The molecule has 1 aliphatic carbocycles. The van der Waals surface area contributed by atoms with Gasteiger partial charge in [0.15, 0.2) is 14.0 Å². The summed E-state index contributed by atoms with van der Waals surface area (Å²) in [5, 5.41) is 3.58. The quantitative estimate of drug-likeness (QED) is 0.0764. The van der Waals surface area contributed by atoms with Crippen molar-refractivity contribution in [3.8, 4) is 16.1 Å². The molecule has 0 bridgehead atoms. The maximum absolute atomic E-state index is 15.9. The highest BCUT2D eigenvalue weighted by atomic mass is 35.5. The Morgan fingerprint density at radius 3 is 2.24 bits per heavy atom. The lowest BCUT2D eigenvalue weighted by Crippen LogP contribution is -2.60. The topological polar surface area (TPSA) is 130 Å². The summed E-state index contributed by atoms with van der Waals surface area (Å²) in [6.45, 7) is 32.3. The summed E-state index contributed by atoms with van der Waals surface area (Å²) in [5.74, 6) is -0.131. The number of aromatic nitrogens is 3. The monoisotopic (exact) mass is 1130 g/mol. The van der Waals surface area contributed by atoms with Crippen LogP contribution >= 0.6 is 22.9 Å². The lowest BCUT2D eigenvalue weighted by Gasteiger charge is -2.45. The first-order valence-electron chi connectivity index (χ1n) is 28.8. The van der Waals surface area contributed by atoms with Gasteiger partial charge in [0.05, 0.1) is 55.3 Å². The number of carbonyl (C=O) groups excluding carboxylic acids is 3. The van der Waals surface area contributed by atoms with Crippen LogP contribution in [-0.4, -0.2) is 111 Å². The number of nitrogens with one attached hydrogen (secondary N) is 1. The summed E-state index contributed by atoms with van der Waals surface area (Å²) in [4.78, 5) is 74.2. The minimum absolute atomic E-state index is 0.112. The third kappa shape index (κ3) is 11.8. The number of rotatable bonds is 16. The van der Waals surface area contributed by atoms with Crippen LogP contribution in [0.5, 0.6) is 0 Å². The van der Waals surface area contributed by atoms with Gasteiger partial charge in [-0.3, -0.25) is 23.7 Å². The first-order chi connectivity index (χ1) is 36.9. The summed E-state index contributed by atoms with van der Waals surface area (Å²) in [6.07, 6.45) is 5.93. The van der Waals surface area contributed by atoms with Crippen molar-refractivity contribution in [2.75, 3.05) is 26.2 Å². The smallest absolute Gasteiger partial charge is 0.282 e. The van der Waals surface area contributed by atoms with E-state index in [9.17, 15) is 9.59 Å². The van der Waals surface area contributed by atoms with Crippen molar-refractivity contribution in [3.63, 3.8) is 0 Å². The van der Waals surface area contributed by atoms with E-state index in [0.717, 1.165) is 96.9 Å². The second kappa shape index (κ2) is 21.8. The number of likely N-dealkylation sites (tertiary alicyclic amines) is 2. The van der Waals surface area contributed by atoms with Gasteiger partial charge < -0.3 is 24.4 Å². The number of hydrogen-bond donors (Lipinski definition) is 1. The Bertz CT molecular complexity index is 3160. The van der Waals surface area contributed by atoms with Gasteiger partial charge in [-0.2, -0.15) is 4.98 Å². The van der Waals surface area contributed by atoms with Crippen LogP contribution in [0, 0.1) is 12.3 Å². The highest BCUT2D eigenvalue weighted by Crippen LogP contribution is 2.46. The third-order valence-corrected chi connectivity index (χ3v) is 23.9. The van der Waals surface area contributed by atoms with Crippen molar-refractivity contribution in [1.29, 1.82) is 0 Å². The first kappa shape index (κ1) is 58.8. The molecule has 3 aliphatic heterocycles. The van der Waals surface area contributed by atoms with Gasteiger partial charge in [0.2, 0.25) is 11.8 Å². The molecule has 3 fully saturated rings. The average Bonchev–Trinajstić information content (AvgIpc) is 3.78. The summed E-state index contributed by atoms with van der Waals surface area (Å²) in [5.41, 5.74) is 5.16. The van der Waals surface area contributed by atoms with E-state index in [1.807, 2.05) is 50.2 Å². The number of hydrogen-bond acceptors (Lipinski definition) is 9. The van der Waals surface area contributed by atoms with Gasteiger partial charge >= 0.3 is 0 Å². The van der Waals surface area contributed by atoms with Crippen molar-refractivity contribution in [1.82, 2.24) is 34.6 Å². The van der Waals surface area contributed by atoms with Crippen LogP contribution in [0.2, 0.25) is 23.2 Å². The van der Waals surface area contributed by atoms with E-state index < -0.39 is 54.4 Å². The Hall–Kier alpha value is -4.80. The van der Waals surface area contributed by atoms with Gasteiger partial charge in [-0.15, -0.1) is 11.3 Å². The van der Waals surface area contributed by atoms with E-state index in [-0.39, 0.29) is 47.8 Å². The van der Waals surface area contributed by atoms with E-state index in [4.69, 9.17) is 16.0 Å². The molecule has 1 N–H and O–H groups in total. The van der Waals surface area contributed by atoms with Crippen molar-refractivity contribution in [2.45, 2.75) is 206 Å². The molecule has 5 aromatic rings. The molecule has 4 atom stereocenters. The second-order valence-electron chi connectivity index (χ2n) is 27.3. The third-order valence-electron chi connectivity index (χ3n) is 18.0. The fourth-order valence-corrected chi connectivity index (χ4v) is 14.6. The summed E-state index contributed by atoms with van der Waals surface area (Å²) >= 11 is 8.15. The maximum atomic E-state index is 15.9. The zero-order valence-corrected chi connectivity index (χ0v) is 51.9. The number of aryl methyl sites for hydroxylation is 1. The summed E-state index contributed by atoms with van der Waals surface area (Å²) in [6, 6.07) is 18.8. The number of fused-ring (bicyclic) bond motifs is 5. The van der Waals surface area contributed by atoms with Gasteiger partial charge in [0, 0.05) is 18.5 Å². The Morgan fingerprint density at radius 2 is 1.63 bits per heavy atom. The number of benzene rings is 3. The molecule has 1 saturated carbocycles. The van der Waals surface area contributed by atoms with Crippen LogP contribution in [0.15, 0.2) is 71.0 Å². The number of nitrogens with zero attached hydrogens (tertiary/aromatic N) is 6. The molecular formula is C63H85ClFN7O5SSi. The van der Waals surface area contributed by atoms with Gasteiger partial charge in [0.25, 0.3) is 11.5 Å². The number of halogens is 2.